The molecule has 6 aromatic heterocycles. The Kier molecular flexibility index (Phi) is 15.7. The summed E-state index contributed by atoms with van der Waals surface area (Å²) in [4.78, 5) is 44.4. The molecule has 8 aromatic rings. The maximum atomic E-state index is 13.6. The third-order valence-corrected chi connectivity index (χ3v) is 12.0. The quantitative estimate of drug-likeness (QED) is 0.172. The van der Waals surface area contributed by atoms with Crippen molar-refractivity contribution in [2.45, 2.75) is 63.5 Å². The molecule has 69 heavy (non-hydrogen) atoms. The predicted octanol–water partition coefficient (Wildman–Crippen LogP) is 1.57. The number of halogens is 4. The topological polar surface area (TPSA) is 204 Å². The Morgan fingerprint density at radius 2 is 1.33 bits per heavy atom. The van der Waals surface area contributed by atoms with Crippen LogP contribution in [-0.4, -0.2) is 148 Å². The fourth-order valence-electron chi connectivity index (χ4n) is 8.58. The van der Waals surface area contributed by atoms with E-state index in [2.05, 4.69) is 67.9 Å². The average molecular weight is 954 g/mol. The van der Waals surface area contributed by atoms with Gasteiger partial charge in [0.15, 0.2) is 17.1 Å². The van der Waals surface area contributed by atoms with E-state index in [0.29, 0.717) is 80.6 Å². The van der Waals surface area contributed by atoms with E-state index >= 15 is 0 Å². The van der Waals surface area contributed by atoms with Crippen LogP contribution in [0.25, 0.3) is 44.4 Å². The molecule has 10 heterocycles. The number of rotatable bonds is 7. The number of ketones is 1. The largest absolute Gasteiger partial charge is 1.00 e. The van der Waals surface area contributed by atoms with Gasteiger partial charge in [-0.2, -0.15) is 0 Å². The molecule has 0 amide bonds. The van der Waals surface area contributed by atoms with E-state index in [1.54, 1.807) is 41.0 Å². The Bertz CT molecular complexity index is 3030. The van der Waals surface area contributed by atoms with Crippen LogP contribution in [0.4, 0.5) is 29.2 Å². The summed E-state index contributed by atoms with van der Waals surface area (Å²) in [5.74, 6) is -3.33. The number of hydrogen-bond donors (Lipinski definition) is 2. The summed E-state index contributed by atoms with van der Waals surface area (Å²) in [5, 5.41) is 21.4. The van der Waals surface area contributed by atoms with Gasteiger partial charge in [0.2, 0.25) is 11.3 Å². The number of fused-ring (bicyclic) bond motifs is 4. The zero-order chi connectivity index (χ0) is 47.3. The number of carbonyl (C=O) groups excluding carboxylic acids is 1. The summed E-state index contributed by atoms with van der Waals surface area (Å²) in [7, 11) is 1.50. The van der Waals surface area contributed by atoms with Crippen molar-refractivity contribution >= 4 is 69.2 Å². The van der Waals surface area contributed by atoms with Crippen LogP contribution in [0.5, 0.6) is 0 Å². The van der Waals surface area contributed by atoms with E-state index in [-0.39, 0.29) is 67.3 Å². The Hall–Kier alpha value is -5.85. The van der Waals surface area contributed by atoms with Crippen molar-refractivity contribution < 1.29 is 51.9 Å². The van der Waals surface area contributed by atoms with Gasteiger partial charge in [0.1, 0.15) is 11.6 Å². The minimum Gasteiger partial charge on any atom is -0.568 e. The van der Waals surface area contributed by atoms with Crippen molar-refractivity contribution in [3.63, 3.8) is 0 Å². The number of hydrogen-bond acceptors (Lipinski definition) is 16. The Morgan fingerprint density at radius 1 is 0.754 bits per heavy atom. The van der Waals surface area contributed by atoms with Crippen LogP contribution in [0, 0.1) is 0 Å². The first-order valence-electron chi connectivity index (χ1n) is 22.4. The van der Waals surface area contributed by atoms with Crippen LogP contribution in [0.2, 0.25) is 6.82 Å². The van der Waals surface area contributed by atoms with Crippen LogP contribution in [0.15, 0.2) is 85.5 Å². The normalized spacial score (nSPS) is 18.5. The van der Waals surface area contributed by atoms with E-state index < -0.39 is 11.8 Å². The van der Waals surface area contributed by atoms with Crippen molar-refractivity contribution in [2.75, 3.05) is 62.2 Å². The second-order valence-electron chi connectivity index (χ2n) is 17.1. The number of carbonyl (C=O) groups is 1. The fraction of sp³-hybridized carbons (Fsp3) is 0.400. The van der Waals surface area contributed by atoms with E-state index in [0.717, 1.165) is 51.7 Å². The zero-order valence-corrected chi connectivity index (χ0v) is 40.3. The van der Waals surface area contributed by atoms with Gasteiger partial charge in [0.05, 0.1) is 56.2 Å². The molecular weight excluding hydrogens is 904 g/mol. The molecular formula is C45H49BF4N17NaO. The first-order valence-corrected chi connectivity index (χ1v) is 22.4. The molecule has 18 nitrogen and oxygen atoms in total. The number of likely N-dealkylation sites (tertiary alicyclic amines) is 1. The Labute approximate surface area is 417 Å². The number of aromatic nitrogens is 12. The van der Waals surface area contributed by atoms with Crippen molar-refractivity contribution in [3.8, 4) is 0 Å². The maximum Gasteiger partial charge on any atom is 1.00 e. The monoisotopic (exact) mass is 953 g/mol. The summed E-state index contributed by atoms with van der Waals surface area (Å²) in [6.45, 7) is 5.99. The molecule has 3 N–H and O–H groups in total. The number of nitrogens with two attached hydrogens (primary N) is 1. The van der Waals surface area contributed by atoms with Crippen molar-refractivity contribution in [1.82, 2.24) is 70.1 Å². The predicted molar refractivity (Wildman–Crippen MR) is 250 cm³/mol. The van der Waals surface area contributed by atoms with Gasteiger partial charge >= 0.3 is 29.6 Å². The van der Waals surface area contributed by atoms with Gasteiger partial charge in [0, 0.05) is 81.2 Å². The molecule has 2 aromatic carbocycles. The third kappa shape index (κ3) is 12.1. The molecule has 4 aliphatic heterocycles. The maximum absolute atomic E-state index is 13.6. The number of benzene rings is 2. The van der Waals surface area contributed by atoms with Gasteiger partial charge in [-0.05, 0) is 53.9 Å². The Balaban J connectivity index is 0.000000155. The summed E-state index contributed by atoms with van der Waals surface area (Å²) < 4.78 is 54.5. The van der Waals surface area contributed by atoms with Gasteiger partial charge in [-0.3, -0.25) is 27.1 Å². The van der Waals surface area contributed by atoms with E-state index in [1.165, 1.54) is 7.41 Å². The van der Waals surface area contributed by atoms with E-state index in [4.69, 9.17) is 10.6 Å². The second kappa shape index (κ2) is 21.8. The molecule has 2 radical (unpaired) electrons. The van der Waals surface area contributed by atoms with Crippen molar-refractivity contribution in [1.29, 1.82) is 0 Å². The fourth-order valence-corrected chi connectivity index (χ4v) is 8.58. The van der Waals surface area contributed by atoms with E-state index in [1.807, 2.05) is 58.3 Å². The van der Waals surface area contributed by atoms with Gasteiger partial charge in [-0.15, -0.1) is 10.2 Å². The molecule has 1 atom stereocenters. The number of alkyl halides is 4. The minimum absolute atomic E-state index is 0. The molecule has 0 bridgehead atoms. The van der Waals surface area contributed by atoms with Crippen molar-refractivity contribution in [3.05, 3.63) is 96.6 Å². The molecule has 4 aliphatic rings. The molecule has 0 saturated carbocycles. The SMILES string of the molecule is C[B-]N.FC1(F)CCN(C2CCN(c3cnc4nnn(Cc5ccc6ncccc6c5)c4n3)C2)C1.FC1(F)CCNC1.O=C1CCN(c2cnc3nnn(Cc4ccc5ncccc5c4)c3n2)C1.[Na+]. The first kappa shape index (κ1) is 49.6. The first-order chi connectivity index (χ1) is 32.9. The smallest absolute Gasteiger partial charge is 0.568 e. The molecule has 0 spiro atoms. The van der Waals surface area contributed by atoms with Crippen LogP contribution in [0.3, 0.4) is 0 Å². The number of nitrogens with one attached hydrogen (secondary N) is 1. The minimum atomic E-state index is -2.57. The summed E-state index contributed by atoms with van der Waals surface area (Å²) >= 11 is 0. The number of pyridine rings is 2. The number of nitrogens with zero attached hydrogens (tertiary/aromatic N) is 15. The molecule has 12 rings (SSSR count). The Morgan fingerprint density at radius 3 is 1.81 bits per heavy atom. The van der Waals surface area contributed by atoms with Crippen LogP contribution in [0.1, 0.15) is 36.8 Å². The van der Waals surface area contributed by atoms with E-state index in [9.17, 15) is 22.4 Å². The number of anilines is 2. The third-order valence-electron chi connectivity index (χ3n) is 12.0. The number of Topliss-reactive ketones (excluding diaryl/α,β-unsaturated/α-hetero) is 1. The standard InChI is InChI=1S/C22H22F2N8.C18H15N7O.C4H7F2N.CH5BN.Na/c23-22(24)6-9-31(14-22)17-5-8-30(13-17)19-11-26-20-21(27-19)32(29-28-20)12-15-3-4-18-16(10-15)2-1-7-25-18;26-14-5-7-24(11-14)16-9-20-17-18(21-16)25(23-22-17)10-12-3-4-15-13(8-12)2-1-6-19-15;5-4(6)1-2-7-3-4;1-2-3;/h1-4,7,10-11,17H,5-6,8-9,12-14H2;1-4,6,8-9H,5,7,10-11H2;7H,1-3H2;3H2,1H3;/q;;;-1;+1. The van der Waals surface area contributed by atoms with Gasteiger partial charge in [-0.1, -0.05) is 34.7 Å². The van der Waals surface area contributed by atoms with Crippen LogP contribution < -0.4 is 50.3 Å². The molecule has 24 heteroatoms. The summed E-state index contributed by atoms with van der Waals surface area (Å²) in [6, 6.07) is 20.2. The average Bonchev–Trinajstić information content (AvgIpc) is 4.23. The summed E-state index contributed by atoms with van der Waals surface area (Å²) in [5.41, 5.74) is 11.0. The van der Waals surface area contributed by atoms with Crippen LogP contribution >= 0.6 is 0 Å². The summed E-state index contributed by atoms with van der Waals surface area (Å²) in [6.07, 6.45) is 8.28. The van der Waals surface area contributed by atoms with Gasteiger partial charge < -0.3 is 20.8 Å². The van der Waals surface area contributed by atoms with Gasteiger partial charge in [0.25, 0.3) is 11.8 Å². The molecule has 0 aliphatic carbocycles. The molecule has 1 unspecified atom stereocenters. The van der Waals surface area contributed by atoms with Crippen LogP contribution in [-0.2, 0) is 17.9 Å². The second-order valence-corrected chi connectivity index (χ2v) is 17.1. The molecule has 4 fully saturated rings. The molecule has 4 saturated heterocycles. The van der Waals surface area contributed by atoms with Gasteiger partial charge in [-0.25, -0.2) is 53.7 Å². The zero-order valence-electron chi connectivity index (χ0n) is 38.3. The molecule has 352 valence electrons. The van der Waals surface area contributed by atoms with Crippen molar-refractivity contribution in [2.24, 2.45) is 5.64 Å².